The van der Waals surface area contributed by atoms with E-state index in [0.29, 0.717) is 5.75 Å². The number of hydrogen-bond donors (Lipinski definition) is 4. The molecule has 0 saturated carbocycles. The number of aromatic nitrogens is 2. The third-order valence-electron chi connectivity index (χ3n) is 3.50. The highest BCUT2D eigenvalue weighted by molar-refractivity contribution is 7.99. The fourth-order valence-corrected chi connectivity index (χ4v) is 3.35. The molecule has 0 radical (unpaired) electrons. The van der Waals surface area contributed by atoms with Crippen molar-refractivity contribution in [1.29, 1.82) is 0 Å². The second-order valence-corrected chi connectivity index (χ2v) is 6.05. The summed E-state index contributed by atoms with van der Waals surface area (Å²) in [5.41, 5.74) is 7.75. The maximum atomic E-state index is 10.4. The van der Waals surface area contributed by atoms with Crippen molar-refractivity contribution in [3.05, 3.63) is 18.2 Å². The minimum absolute atomic E-state index is 0.575. The van der Waals surface area contributed by atoms with E-state index in [9.17, 15) is 5.11 Å². The van der Waals surface area contributed by atoms with Gasteiger partial charge in [-0.05, 0) is 44.1 Å². The van der Waals surface area contributed by atoms with Gasteiger partial charge in [0.15, 0.2) is 5.16 Å². The number of nitrogens with zero attached hydrogens (tertiary/aromatic N) is 1. The van der Waals surface area contributed by atoms with Crippen molar-refractivity contribution in [2.75, 3.05) is 24.6 Å². The van der Waals surface area contributed by atoms with Crippen LogP contribution in [0.3, 0.4) is 0 Å². The van der Waals surface area contributed by atoms with Crippen molar-refractivity contribution in [3.8, 4) is 0 Å². The summed E-state index contributed by atoms with van der Waals surface area (Å²) >= 11 is 1.57. The number of nitrogens with one attached hydrogen (secondary N) is 2. The lowest BCUT2D eigenvalue weighted by atomic mass is 9.95. The van der Waals surface area contributed by atoms with Gasteiger partial charge >= 0.3 is 0 Å². The van der Waals surface area contributed by atoms with Crippen LogP contribution in [0.5, 0.6) is 0 Å². The monoisotopic (exact) mass is 278 g/mol. The van der Waals surface area contributed by atoms with Gasteiger partial charge in [-0.25, -0.2) is 4.98 Å². The summed E-state index contributed by atoms with van der Waals surface area (Å²) in [6.07, 6.45) is 1.60. The van der Waals surface area contributed by atoms with Crippen molar-refractivity contribution in [2.24, 2.45) is 0 Å². The number of hydrogen-bond acceptors (Lipinski definition) is 5. The van der Waals surface area contributed by atoms with Crippen molar-refractivity contribution < 1.29 is 5.11 Å². The number of benzene rings is 1. The first-order valence-corrected chi connectivity index (χ1v) is 7.44. The topological polar surface area (TPSA) is 87.0 Å². The second kappa shape index (κ2) is 5.03. The number of rotatable bonds is 3. The van der Waals surface area contributed by atoms with Crippen LogP contribution >= 0.6 is 11.8 Å². The fourth-order valence-electron chi connectivity index (χ4n) is 2.31. The van der Waals surface area contributed by atoms with Gasteiger partial charge < -0.3 is 21.1 Å². The summed E-state index contributed by atoms with van der Waals surface area (Å²) in [5, 5.41) is 14.5. The molecule has 1 aromatic carbocycles. The number of piperidine rings is 1. The molecular formula is C13H18N4OS. The van der Waals surface area contributed by atoms with E-state index < -0.39 is 5.60 Å². The molecule has 5 N–H and O–H groups in total. The molecule has 19 heavy (non-hydrogen) atoms. The Bertz CT molecular complexity index is 577. The average Bonchev–Trinajstić information content (AvgIpc) is 2.79. The van der Waals surface area contributed by atoms with Gasteiger partial charge in [0, 0.05) is 11.4 Å². The van der Waals surface area contributed by atoms with Gasteiger partial charge in [0.1, 0.15) is 0 Å². The molecule has 0 atom stereocenters. The Labute approximate surface area is 116 Å². The van der Waals surface area contributed by atoms with E-state index >= 15 is 0 Å². The van der Waals surface area contributed by atoms with E-state index in [1.54, 1.807) is 11.8 Å². The third kappa shape index (κ3) is 2.86. The number of H-pyrrole nitrogens is 1. The molecule has 2 aromatic rings. The summed E-state index contributed by atoms with van der Waals surface area (Å²) in [6.45, 7) is 1.77. The van der Waals surface area contributed by atoms with Gasteiger partial charge in [-0.3, -0.25) is 0 Å². The zero-order valence-corrected chi connectivity index (χ0v) is 11.5. The van der Waals surface area contributed by atoms with Crippen molar-refractivity contribution in [3.63, 3.8) is 0 Å². The van der Waals surface area contributed by atoms with Crippen LogP contribution in [-0.4, -0.2) is 39.5 Å². The van der Waals surface area contributed by atoms with Gasteiger partial charge in [-0.2, -0.15) is 0 Å². The van der Waals surface area contributed by atoms with Crippen LogP contribution in [-0.2, 0) is 0 Å². The second-order valence-electron chi connectivity index (χ2n) is 5.08. The molecule has 1 aromatic heterocycles. The zero-order valence-electron chi connectivity index (χ0n) is 10.6. The van der Waals surface area contributed by atoms with Gasteiger partial charge in [0.05, 0.1) is 16.6 Å². The predicted octanol–water partition coefficient (Wildman–Crippen LogP) is 1.35. The largest absolute Gasteiger partial charge is 0.399 e. The normalized spacial score (nSPS) is 18.8. The van der Waals surface area contributed by atoms with Crippen LogP contribution in [0.2, 0.25) is 0 Å². The Morgan fingerprint density at radius 2 is 2.16 bits per heavy atom. The Hall–Kier alpha value is -1.24. The molecule has 2 heterocycles. The van der Waals surface area contributed by atoms with Crippen molar-refractivity contribution in [1.82, 2.24) is 15.3 Å². The van der Waals surface area contributed by atoms with E-state index in [1.165, 1.54) is 0 Å². The smallest absolute Gasteiger partial charge is 0.166 e. The quantitative estimate of drug-likeness (QED) is 0.503. The first-order chi connectivity index (χ1) is 9.15. The first-order valence-electron chi connectivity index (χ1n) is 6.46. The number of anilines is 1. The van der Waals surface area contributed by atoms with Gasteiger partial charge in [-0.15, -0.1) is 0 Å². The van der Waals surface area contributed by atoms with Crippen LogP contribution < -0.4 is 11.1 Å². The summed E-state index contributed by atoms with van der Waals surface area (Å²) in [6, 6.07) is 5.63. The third-order valence-corrected chi connectivity index (χ3v) is 4.64. The first kappa shape index (κ1) is 12.8. The van der Waals surface area contributed by atoms with Gasteiger partial charge in [0.25, 0.3) is 0 Å². The van der Waals surface area contributed by atoms with Gasteiger partial charge in [0.2, 0.25) is 0 Å². The van der Waals surface area contributed by atoms with Crippen LogP contribution in [0.1, 0.15) is 12.8 Å². The molecular weight excluding hydrogens is 260 g/mol. The van der Waals surface area contributed by atoms with Crippen LogP contribution in [0.4, 0.5) is 5.69 Å². The minimum atomic E-state index is -0.575. The van der Waals surface area contributed by atoms with Crippen LogP contribution in [0.25, 0.3) is 11.0 Å². The number of imidazole rings is 1. The molecule has 1 aliphatic rings. The molecule has 0 amide bonds. The Morgan fingerprint density at radius 3 is 2.95 bits per heavy atom. The maximum absolute atomic E-state index is 10.4. The van der Waals surface area contributed by atoms with Crippen molar-refractivity contribution in [2.45, 2.75) is 23.6 Å². The highest BCUT2D eigenvalue weighted by atomic mass is 32.2. The van der Waals surface area contributed by atoms with E-state index in [4.69, 9.17) is 5.73 Å². The molecule has 0 spiro atoms. The molecule has 0 unspecified atom stereocenters. The van der Waals surface area contributed by atoms with E-state index in [0.717, 1.165) is 47.8 Å². The number of aliphatic hydroxyl groups is 1. The lowest BCUT2D eigenvalue weighted by molar-refractivity contribution is 0.0339. The predicted molar refractivity (Wildman–Crippen MR) is 78.3 cm³/mol. The van der Waals surface area contributed by atoms with Crippen LogP contribution in [0.15, 0.2) is 23.4 Å². The molecule has 5 nitrogen and oxygen atoms in total. The minimum Gasteiger partial charge on any atom is -0.399 e. The summed E-state index contributed by atoms with van der Waals surface area (Å²) < 4.78 is 0. The molecule has 3 rings (SSSR count). The fraction of sp³-hybridized carbons (Fsp3) is 0.462. The molecule has 0 aliphatic carbocycles. The van der Waals surface area contributed by atoms with E-state index in [2.05, 4.69) is 15.3 Å². The molecule has 1 saturated heterocycles. The molecule has 0 bridgehead atoms. The summed E-state index contributed by atoms with van der Waals surface area (Å²) in [4.78, 5) is 7.73. The standard InChI is InChI=1S/C13H18N4OS/c14-9-1-2-10-11(7-9)17-12(16-10)19-8-13(18)3-5-15-6-4-13/h1-2,7,15,18H,3-6,8,14H2,(H,16,17). The Morgan fingerprint density at radius 1 is 1.37 bits per heavy atom. The highest BCUT2D eigenvalue weighted by Gasteiger charge is 2.29. The Balaban J connectivity index is 1.71. The zero-order chi connectivity index (χ0) is 13.3. The molecule has 6 heteroatoms. The molecule has 1 aliphatic heterocycles. The maximum Gasteiger partial charge on any atom is 0.166 e. The lowest BCUT2D eigenvalue weighted by Gasteiger charge is -2.31. The highest BCUT2D eigenvalue weighted by Crippen LogP contribution is 2.28. The van der Waals surface area contributed by atoms with Gasteiger partial charge in [-0.1, -0.05) is 11.8 Å². The van der Waals surface area contributed by atoms with E-state index in [1.807, 2.05) is 18.2 Å². The number of thioether (sulfide) groups is 1. The molecule has 102 valence electrons. The van der Waals surface area contributed by atoms with Crippen molar-refractivity contribution >= 4 is 28.5 Å². The number of aromatic amines is 1. The number of nitrogens with two attached hydrogens (primary N) is 1. The summed E-state index contributed by atoms with van der Waals surface area (Å²) in [7, 11) is 0. The number of fused-ring (bicyclic) bond motifs is 1. The summed E-state index contributed by atoms with van der Waals surface area (Å²) in [5.74, 6) is 0.671. The molecule has 1 fully saturated rings. The Kier molecular flexibility index (Phi) is 3.38. The van der Waals surface area contributed by atoms with E-state index in [-0.39, 0.29) is 0 Å². The SMILES string of the molecule is Nc1ccc2nc(SCC3(O)CCNCC3)[nH]c2c1. The number of nitrogen functional groups attached to an aromatic ring is 1. The van der Waals surface area contributed by atoms with Crippen LogP contribution in [0, 0.1) is 0 Å². The average molecular weight is 278 g/mol. The lowest BCUT2D eigenvalue weighted by Crippen LogP contribution is -2.43.